The Hall–Kier alpha value is -1.58. The van der Waals surface area contributed by atoms with E-state index in [1.165, 1.54) is 6.07 Å². The molecule has 21 heavy (non-hydrogen) atoms. The fourth-order valence-electron chi connectivity index (χ4n) is 1.62. The minimum absolute atomic E-state index is 0.0872. The molecule has 2 N–H and O–H groups in total. The lowest BCUT2D eigenvalue weighted by Crippen LogP contribution is -2.14. The smallest absolute Gasteiger partial charge is 0.271 e. The first kappa shape index (κ1) is 15.8. The van der Waals surface area contributed by atoms with Gasteiger partial charge in [0.1, 0.15) is 15.7 Å². The van der Waals surface area contributed by atoms with Crippen molar-refractivity contribution < 1.29 is 21.6 Å². The van der Waals surface area contributed by atoms with Gasteiger partial charge in [-0.2, -0.15) is 0 Å². The van der Waals surface area contributed by atoms with Gasteiger partial charge in [0.15, 0.2) is 11.6 Å². The molecule has 0 atom stereocenters. The van der Waals surface area contributed by atoms with Crippen LogP contribution in [0.2, 0.25) is 0 Å². The number of benzene rings is 1. The highest BCUT2D eigenvalue weighted by Crippen LogP contribution is 2.26. The Labute approximate surface area is 123 Å². The molecule has 1 aromatic carbocycles. The third kappa shape index (κ3) is 3.55. The lowest BCUT2D eigenvalue weighted by Gasteiger charge is -2.08. The van der Waals surface area contributed by atoms with Crippen LogP contribution < -0.4 is 10.0 Å². The second-order valence-corrected chi connectivity index (χ2v) is 6.97. The van der Waals surface area contributed by atoms with E-state index in [4.69, 9.17) is 0 Å². The molecule has 0 spiro atoms. The molecule has 2 aromatic rings. The topological polar surface area (TPSA) is 58.2 Å². The monoisotopic (exact) mass is 336 g/mol. The van der Waals surface area contributed by atoms with Gasteiger partial charge in [-0.1, -0.05) is 0 Å². The van der Waals surface area contributed by atoms with E-state index in [1.807, 2.05) is 0 Å². The number of sulfonamides is 1. The van der Waals surface area contributed by atoms with Gasteiger partial charge in [0.05, 0.1) is 0 Å². The van der Waals surface area contributed by atoms with Crippen LogP contribution in [0.4, 0.5) is 18.9 Å². The van der Waals surface area contributed by atoms with Gasteiger partial charge in [-0.25, -0.2) is 21.6 Å². The van der Waals surface area contributed by atoms with Crippen LogP contribution in [0.3, 0.4) is 0 Å². The van der Waals surface area contributed by atoms with Gasteiger partial charge in [0, 0.05) is 18.7 Å². The van der Waals surface area contributed by atoms with Crippen molar-refractivity contribution in [3.8, 4) is 0 Å². The summed E-state index contributed by atoms with van der Waals surface area (Å²) in [7, 11) is -2.43. The van der Waals surface area contributed by atoms with E-state index in [2.05, 4.69) is 5.32 Å². The van der Waals surface area contributed by atoms with Gasteiger partial charge in [-0.05, 0) is 24.1 Å². The molecular formula is C12H11F3N2O2S2. The molecule has 0 saturated heterocycles. The van der Waals surface area contributed by atoms with Crippen LogP contribution in [-0.4, -0.2) is 15.5 Å². The van der Waals surface area contributed by atoms with Crippen LogP contribution >= 0.6 is 11.3 Å². The van der Waals surface area contributed by atoms with E-state index in [9.17, 15) is 21.6 Å². The first-order chi connectivity index (χ1) is 9.83. The molecule has 0 unspecified atom stereocenters. The van der Waals surface area contributed by atoms with E-state index in [-0.39, 0.29) is 4.21 Å². The van der Waals surface area contributed by atoms with Crippen LogP contribution in [0.15, 0.2) is 27.8 Å². The SMILES string of the molecule is CNCc1csc(S(=O)(=O)Nc2c(F)cc(F)cc2F)c1. The highest BCUT2D eigenvalue weighted by Gasteiger charge is 2.21. The van der Waals surface area contributed by atoms with Crippen LogP contribution in [0.5, 0.6) is 0 Å². The van der Waals surface area contributed by atoms with Gasteiger partial charge in [-0.3, -0.25) is 4.72 Å². The number of hydrogen-bond donors (Lipinski definition) is 2. The minimum Gasteiger partial charge on any atom is -0.316 e. The molecule has 4 nitrogen and oxygen atoms in total. The fraction of sp³-hybridized carbons (Fsp3) is 0.167. The first-order valence-electron chi connectivity index (χ1n) is 5.73. The Morgan fingerprint density at radius 3 is 2.33 bits per heavy atom. The largest absolute Gasteiger partial charge is 0.316 e. The number of thiophene rings is 1. The summed E-state index contributed by atoms with van der Waals surface area (Å²) in [4.78, 5) is 0. The molecular weight excluding hydrogens is 325 g/mol. The summed E-state index contributed by atoms with van der Waals surface area (Å²) in [5.74, 6) is -3.76. The van der Waals surface area contributed by atoms with Crippen molar-refractivity contribution in [2.75, 3.05) is 11.8 Å². The van der Waals surface area contributed by atoms with E-state index >= 15 is 0 Å². The van der Waals surface area contributed by atoms with Gasteiger partial charge >= 0.3 is 0 Å². The van der Waals surface area contributed by atoms with Crippen molar-refractivity contribution in [3.05, 3.63) is 46.6 Å². The molecule has 0 saturated carbocycles. The zero-order chi connectivity index (χ0) is 15.6. The van der Waals surface area contributed by atoms with Crippen molar-refractivity contribution >= 4 is 27.0 Å². The number of hydrogen-bond acceptors (Lipinski definition) is 4. The predicted molar refractivity (Wildman–Crippen MR) is 74.2 cm³/mol. The molecule has 0 bridgehead atoms. The van der Waals surface area contributed by atoms with Crippen LogP contribution in [-0.2, 0) is 16.6 Å². The van der Waals surface area contributed by atoms with Crippen LogP contribution in [0.25, 0.3) is 0 Å². The molecule has 114 valence electrons. The zero-order valence-corrected chi connectivity index (χ0v) is 12.4. The fourth-order valence-corrected chi connectivity index (χ4v) is 3.90. The molecule has 0 radical (unpaired) electrons. The lowest BCUT2D eigenvalue weighted by molar-refractivity contribution is 0.547. The summed E-state index contributed by atoms with van der Waals surface area (Å²) in [6.07, 6.45) is 0. The maximum absolute atomic E-state index is 13.5. The number of rotatable bonds is 5. The Bertz CT molecular complexity index is 737. The second kappa shape index (κ2) is 6.04. The van der Waals surface area contributed by atoms with Gasteiger partial charge in [0.2, 0.25) is 0 Å². The summed E-state index contributed by atoms with van der Waals surface area (Å²) in [5, 5.41) is 4.47. The van der Waals surface area contributed by atoms with Crippen molar-refractivity contribution in [1.29, 1.82) is 0 Å². The van der Waals surface area contributed by atoms with E-state index in [0.717, 1.165) is 16.9 Å². The third-order valence-corrected chi connectivity index (χ3v) is 5.36. The van der Waals surface area contributed by atoms with Crippen molar-refractivity contribution in [3.63, 3.8) is 0 Å². The maximum Gasteiger partial charge on any atom is 0.271 e. The predicted octanol–water partition coefficient (Wildman–Crippen LogP) is 2.69. The summed E-state index contributed by atoms with van der Waals surface area (Å²) >= 11 is 0.921. The molecule has 0 aliphatic heterocycles. The number of nitrogens with one attached hydrogen (secondary N) is 2. The molecule has 1 aromatic heterocycles. The molecule has 9 heteroatoms. The average molecular weight is 336 g/mol. The molecule has 2 rings (SSSR count). The van der Waals surface area contributed by atoms with E-state index in [1.54, 1.807) is 17.1 Å². The van der Waals surface area contributed by atoms with Crippen LogP contribution in [0.1, 0.15) is 5.56 Å². The van der Waals surface area contributed by atoms with E-state index in [0.29, 0.717) is 18.7 Å². The number of anilines is 1. The summed E-state index contributed by atoms with van der Waals surface area (Å²) < 4.78 is 65.6. The lowest BCUT2D eigenvalue weighted by atomic mass is 10.3. The second-order valence-electron chi connectivity index (χ2n) is 4.15. The first-order valence-corrected chi connectivity index (χ1v) is 8.09. The Kier molecular flexibility index (Phi) is 4.55. The van der Waals surface area contributed by atoms with Crippen molar-refractivity contribution in [1.82, 2.24) is 5.32 Å². The van der Waals surface area contributed by atoms with Crippen molar-refractivity contribution in [2.45, 2.75) is 10.8 Å². The van der Waals surface area contributed by atoms with Gasteiger partial charge in [-0.15, -0.1) is 11.3 Å². The third-order valence-electron chi connectivity index (χ3n) is 2.52. The highest BCUT2D eigenvalue weighted by atomic mass is 32.2. The average Bonchev–Trinajstić information content (AvgIpc) is 2.84. The zero-order valence-electron chi connectivity index (χ0n) is 10.8. The molecule has 0 aliphatic rings. The number of halogens is 3. The van der Waals surface area contributed by atoms with Gasteiger partial charge in [0.25, 0.3) is 10.0 Å². The highest BCUT2D eigenvalue weighted by molar-refractivity contribution is 7.94. The van der Waals surface area contributed by atoms with Crippen molar-refractivity contribution in [2.24, 2.45) is 0 Å². The Morgan fingerprint density at radius 1 is 1.14 bits per heavy atom. The summed E-state index contributed by atoms with van der Waals surface area (Å²) in [5.41, 5.74) is -0.178. The summed E-state index contributed by atoms with van der Waals surface area (Å²) in [6.45, 7) is 0.464. The molecule has 0 amide bonds. The normalized spacial score (nSPS) is 11.6. The molecule has 0 fully saturated rings. The Balaban J connectivity index is 2.33. The quantitative estimate of drug-likeness (QED) is 0.883. The van der Waals surface area contributed by atoms with Crippen LogP contribution in [0, 0.1) is 17.5 Å². The molecule has 0 aliphatic carbocycles. The minimum atomic E-state index is -4.13. The molecule has 1 heterocycles. The van der Waals surface area contributed by atoms with E-state index < -0.39 is 33.2 Å². The maximum atomic E-state index is 13.5. The van der Waals surface area contributed by atoms with Gasteiger partial charge < -0.3 is 5.32 Å². The standard InChI is InChI=1S/C12H11F3N2O2S2/c1-16-5-7-2-11(20-6-7)21(18,19)17-12-9(14)3-8(13)4-10(12)15/h2-4,6,16-17H,5H2,1H3. The Morgan fingerprint density at radius 2 is 1.76 bits per heavy atom. The summed E-state index contributed by atoms with van der Waals surface area (Å²) in [6, 6.07) is 2.20.